The molecule has 0 aliphatic heterocycles. The molecule has 0 saturated heterocycles. The fourth-order valence-electron chi connectivity index (χ4n) is 9.13. The standard InChI is InChI=1S/C64H117NO3/c1-3-5-7-9-11-13-15-17-19-21-23-25-27-29-30-31-32-33-34-36-38-40-42-44-46-48-50-52-54-56-58-60-64(68)65-62(61-66)63(67)59-57-55-53-51-49-47-45-43-41-39-37-35-28-26-24-22-20-18-16-14-12-10-8-6-4-2/h5,7,11,13,17,19,23,25,49,51,57,59,62-63,66-67H,3-4,6,8-10,12,14-16,18,20-22,24,26-48,50,52-56,58,60-61H2,1-2H3,(H,65,68)/b7-5-,13-11-,19-17-,25-23-,51-49+,59-57+. The van der Waals surface area contributed by atoms with E-state index in [1.54, 1.807) is 6.08 Å². The number of carbonyl (C=O) groups is 1. The van der Waals surface area contributed by atoms with Crippen LogP contribution in [0.5, 0.6) is 0 Å². The van der Waals surface area contributed by atoms with Crippen LogP contribution in [0.15, 0.2) is 72.9 Å². The molecule has 0 bridgehead atoms. The van der Waals surface area contributed by atoms with Crippen molar-refractivity contribution in [2.75, 3.05) is 6.61 Å². The SMILES string of the molecule is CC/C=C\C/C=C\C/C=C\C/C=C\CCCCCCCCCCCCCCCCCCCCC(=O)NC(CO)C(O)/C=C/CC/C=C/CCCCCCCCCCCCCCCCCCCCC. The maximum Gasteiger partial charge on any atom is 0.220 e. The third kappa shape index (κ3) is 54.8. The Morgan fingerprint density at radius 2 is 0.662 bits per heavy atom. The first-order valence-electron chi connectivity index (χ1n) is 30.2. The highest BCUT2D eigenvalue weighted by Crippen LogP contribution is 2.17. The molecule has 0 rings (SSSR count). The minimum absolute atomic E-state index is 0.0709. The molecule has 3 N–H and O–H groups in total. The Labute approximate surface area is 425 Å². The number of carbonyl (C=O) groups excluding carboxylic acids is 1. The first-order chi connectivity index (χ1) is 33.7. The Morgan fingerprint density at radius 1 is 0.368 bits per heavy atom. The van der Waals surface area contributed by atoms with Crippen LogP contribution >= 0.6 is 0 Å². The highest BCUT2D eigenvalue weighted by atomic mass is 16.3. The van der Waals surface area contributed by atoms with Crippen molar-refractivity contribution >= 4 is 5.91 Å². The average molecular weight is 949 g/mol. The number of allylic oxidation sites excluding steroid dienone is 11. The van der Waals surface area contributed by atoms with Crippen LogP contribution in [0.25, 0.3) is 0 Å². The number of hydrogen-bond acceptors (Lipinski definition) is 3. The van der Waals surface area contributed by atoms with Crippen LogP contribution in [-0.2, 0) is 4.79 Å². The van der Waals surface area contributed by atoms with Gasteiger partial charge < -0.3 is 15.5 Å². The molecular formula is C64H117NO3. The van der Waals surface area contributed by atoms with Crippen LogP contribution in [-0.4, -0.2) is 34.9 Å². The number of rotatable bonds is 55. The van der Waals surface area contributed by atoms with Crippen molar-refractivity contribution in [3.8, 4) is 0 Å². The van der Waals surface area contributed by atoms with Gasteiger partial charge in [0.25, 0.3) is 0 Å². The number of unbranched alkanes of at least 4 members (excludes halogenated alkanes) is 38. The van der Waals surface area contributed by atoms with Crippen molar-refractivity contribution in [2.45, 2.75) is 321 Å². The molecule has 4 nitrogen and oxygen atoms in total. The van der Waals surface area contributed by atoms with Crippen molar-refractivity contribution in [1.29, 1.82) is 0 Å². The number of aliphatic hydroxyl groups excluding tert-OH is 2. The van der Waals surface area contributed by atoms with Gasteiger partial charge in [-0.1, -0.05) is 305 Å². The fraction of sp³-hybridized carbons (Fsp3) is 0.797. The lowest BCUT2D eigenvalue weighted by atomic mass is 10.0. The summed E-state index contributed by atoms with van der Waals surface area (Å²) in [5.41, 5.74) is 0. The molecule has 0 spiro atoms. The first kappa shape index (κ1) is 65.8. The number of nitrogens with one attached hydrogen (secondary N) is 1. The molecule has 0 radical (unpaired) electrons. The van der Waals surface area contributed by atoms with E-state index in [1.807, 2.05) is 6.08 Å². The van der Waals surface area contributed by atoms with Gasteiger partial charge in [0.2, 0.25) is 5.91 Å². The van der Waals surface area contributed by atoms with Gasteiger partial charge in [0, 0.05) is 6.42 Å². The lowest BCUT2D eigenvalue weighted by molar-refractivity contribution is -0.123. The van der Waals surface area contributed by atoms with E-state index in [-0.39, 0.29) is 12.5 Å². The summed E-state index contributed by atoms with van der Waals surface area (Å²) < 4.78 is 0. The summed E-state index contributed by atoms with van der Waals surface area (Å²) in [5, 5.41) is 23.2. The maximum atomic E-state index is 12.5. The molecule has 0 aromatic carbocycles. The summed E-state index contributed by atoms with van der Waals surface area (Å²) in [6.45, 7) is 4.21. The zero-order valence-electron chi connectivity index (χ0n) is 45.6. The maximum absolute atomic E-state index is 12.5. The second-order valence-corrected chi connectivity index (χ2v) is 20.4. The minimum atomic E-state index is -0.865. The van der Waals surface area contributed by atoms with Crippen LogP contribution in [0.1, 0.15) is 309 Å². The van der Waals surface area contributed by atoms with Crippen LogP contribution in [0.3, 0.4) is 0 Å². The quantitative estimate of drug-likeness (QED) is 0.0420. The van der Waals surface area contributed by atoms with E-state index in [0.717, 1.165) is 57.8 Å². The molecule has 396 valence electrons. The third-order valence-corrected chi connectivity index (χ3v) is 13.7. The highest BCUT2D eigenvalue weighted by Gasteiger charge is 2.18. The summed E-state index contributed by atoms with van der Waals surface area (Å²) >= 11 is 0. The Bertz CT molecular complexity index is 1170. The van der Waals surface area contributed by atoms with Gasteiger partial charge in [-0.2, -0.15) is 0 Å². The van der Waals surface area contributed by atoms with E-state index >= 15 is 0 Å². The molecule has 1 amide bonds. The van der Waals surface area contributed by atoms with Crippen molar-refractivity contribution in [2.24, 2.45) is 0 Å². The normalized spacial score (nSPS) is 13.3. The zero-order chi connectivity index (χ0) is 49.2. The summed E-state index contributed by atoms with van der Waals surface area (Å²) in [4.78, 5) is 12.5. The van der Waals surface area contributed by atoms with Gasteiger partial charge >= 0.3 is 0 Å². The lowest BCUT2D eigenvalue weighted by Gasteiger charge is -2.19. The van der Waals surface area contributed by atoms with Crippen molar-refractivity contribution in [1.82, 2.24) is 5.32 Å². The van der Waals surface area contributed by atoms with Crippen molar-refractivity contribution in [3.05, 3.63) is 72.9 Å². The molecule has 0 saturated carbocycles. The predicted octanol–water partition coefficient (Wildman–Crippen LogP) is 20.1. The van der Waals surface area contributed by atoms with E-state index in [9.17, 15) is 15.0 Å². The smallest absolute Gasteiger partial charge is 0.220 e. The van der Waals surface area contributed by atoms with Crippen LogP contribution in [0.4, 0.5) is 0 Å². The molecule has 0 aromatic rings. The lowest BCUT2D eigenvalue weighted by Crippen LogP contribution is -2.45. The topological polar surface area (TPSA) is 69.6 Å². The molecule has 0 aromatic heterocycles. The molecule has 4 heteroatoms. The number of amides is 1. The van der Waals surface area contributed by atoms with Gasteiger partial charge in [0.15, 0.2) is 0 Å². The molecule has 0 aliphatic carbocycles. The highest BCUT2D eigenvalue weighted by molar-refractivity contribution is 5.76. The Hall–Kier alpha value is -2.17. The van der Waals surface area contributed by atoms with E-state index in [4.69, 9.17) is 0 Å². The average Bonchev–Trinajstić information content (AvgIpc) is 3.34. The van der Waals surface area contributed by atoms with Crippen molar-refractivity contribution in [3.63, 3.8) is 0 Å². The van der Waals surface area contributed by atoms with E-state index in [1.165, 1.54) is 231 Å². The van der Waals surface area contributed by atoms with E-state index < -0.39 is 12.1 Å². The number of aliphatic hydroxyl groups is 2. The van der Waals surface area contributed by atoms with Crippen LogP contribution < -0.4 is 5.32 Å². The molecule has 0 heterocycles. The third-order valence-electron chi connectivity index (χ3n) is 13.7. The summed E-state index contributed by atoms with van der Waals surface area (Å²) in [6.07, 6.45) is 85.1. The summed E-state index contributed by atoms with van der Waals surface area (Å²) in [5.74, 6) is -0.0709. The van der Waals surface area contributed by atoms with E-state index in [0.29, 0.717) is 6.42 Å². The largest absolute Gasteiger partial charge is 0.394 e. The van der Waals surface area contributed by atoms with Gasteiger partial charge in [-0.3, -0.25) is 4.79 Å². The van der Waals surface area contributed by atoms with E-state index in [2.05, 4.69) is 79.9 Å². The summed E-state index contributed by atoms with van der Waals surface area (Å²) in [7, 11) is 0. The minimum Gasteiger partial charge on any atom is -0.394 e. The van der Waals surface area contributed by atoms with Crippen molar-refractivity contribution < 1.29 is 15.0 Å². The molecule has 0 fully saturated rings. The molecule has 2 atom stereocenters. The van der Waals surface area contributed by atoms with Gasteiger partial charge in [0.05, 0.1) is 18.8 Å². The second kappa shape index (κ2) is 59.1. The molecular weight excluding hydrogens is 831 g/mol. The number of hydrogen-bond donors (Lipinski definition) is 3. The van der Waals surface area contributed by atoms with Gasteiger partial charge in [0.1, 0.15) is 0 Å². The monoisotopic (exact) mass is 948 g/mol. The Balaban J connectivity index is 3.50. The first-order valence-corrected chi connectivity index (χ1v) is 30.2. The summed E-state index contributed by atoms with van der Waals surface area (Å²) in [6, 6.07) is -0.642. The second-order valence-electron chi connectivity index (χ2n) is 20.4. The van der Waals surface area contributed by atoms with Gasteiger partial charge in [-0.05, 0) is 70.6 Å². The Kier molecular flexibility index (Phi) is 57.3. The van der Waals surface area contributed by atoms with Crippen LogP contribution in [0, 0.1) is 0 Å². The molecule has 2 unspecified atom stereocenters. The Morgan fingerprint density at radius 3 is 1.03 bits per heavy atom. The van der Waals surface area contributed by atoms with Gasteiger partial charge in [-0.25, -0.2) is 0 Å². The zero-order valence-corrected chi connectivity index (χ0v) is 45.6. The molecule has 0 aliphatic rings. The molecule has 68 heavy (non-hydrogen) atoms. The predicted molar refractivity (Wildman–Crippen MR) is 304 cm³/mol. The van der Waals surface area contributed by atoms with Gasteiger partial charge in [-0.15, -0.1) is 0 Å². The fourth-order valence-corrected chi connectivity index (χ4v) is 9.13. The van der Waals surface area contributed by atoms with Crippen LogP contribution in [0.2, 0.25) is 0 Å².